The summed E-state index contributed by atoms with van der Waals surface area (Å²) >= 11 is 0. The number of carbonyl (C=O) groups excluding carboxylic acids is 3. The van der Waals surface area contributed by atoms with Gasteiger partial charge in [0.1, 0.15) is 0 Å². The van der Waals surface area contributed by atoms with Gasteiger partial charge in [0.05, 0.1) is 0 Å². The molecule has 30 heavy (non-hydrogen) atoms. The highest BCUT2D eigenvalue weighted by molar-refractivity contribution is 6.35. The van der Waals surface area contributed by atoms with Crippen LogP contribution in [0.4, 0.5) is 0 Å². The maximum Gasteiger partial charge on any atom is 0.309 e. The molecule has 2 unspecified atom stereocenters. The van der Waals surface area contributed by atoms with Gasteiger partial charge in [-0.05, 0) is 26.0 Å². The molecule has 0 radical (unpaired) electrons. The van der Waals surface area contributed by atoms with Crippen molar-refractivity contribution in [2.24, 2.45) is 0 Å². The van der Waals surface area contributed by atoms with Crippen molar-refractivity contribution in [3.05, 3.63) is 35.9 Å². The van der Waals surface area contributed by atoms with E-state index in [0.29, 0.717) is 13.1 Å². The highest BCUT2D eigenvalue weighted by atomic mass is 16.2. The molecule has 2 saturated heterocycles. The normalized spacial score (nSPS) is 21.3. The number of amides is 3. The van der Waals surface area contributed by atoms with Crippen LogP contribution in [0.2, 0.25) is 0 Å². The lowest BCUT2D eigenvalue weighted by atomic mass is 10.1. The van der Waals surface area contributed by atoms with E-state index in [1.54, 1.807) is 0 Å². The standard InChI is InChI=1S/C22H33N5O3/c1-17(18-6-4-3-5-7-18)27-11-9-19(16-27)24-22(30)21(29)23-10-8-20(28)26-14-12-25(2)13-15-26/h3-7,17,19H,8-16H2,1-2H3,(H,23,29)(H,24,30). The molecule has 164 valence electrons. The number of likely N-dealkylation sites (tertiary alicyclic amines) is 1. The van der Waals surface area contributed by atoms with Gasteiger partial charge >= 0.3 is 11.8 Å². The first-order valence-corrected chi connectivity index (χ1v) is 10.8. The van der Waals surface area contributed by atoms with E-state index in [1.807, 2.05) is 30.1 Å². The zero-order valence-corrected chi connectivity index (χ0v) is 18.0. The number of piperazine rings is 1. The predicted octanol–water partition coefficient (Wildman–Crippen LogP) is 0.218. The van der Waals surface area contributed by atoms with Gasteiger partial charge in [-0.25, -0.2) is 0 Å². The minimum Gasteiger partial charge on any atom is -0.347 e. The Bertz CT molecular complexity index is 734. The van der Waals surface area contributed by atoms with E-state index < -0.39 is 11.8 Å². The van der Waals surface area contributed by atoms with Crippen molar-refractivity contribution in [3.8, 4) is 0 Å². The fourth-order valence-corrected chi connectivity index (χ4v) is 4.03. The number of rotatable bonds is 6. The average molecular weight is 416 g/mol. The summed E-state index contributed by atoms with van der Waals surface area (Å²) in [6.45, 7) is 7.08. The van der Waals surface area contributed by atoms with Crippen molar-refractivity contribution >= 4 is 17.7 Å². The fraction of sp³-hybridized carbons (Fsp3) is 0.591. The highest BCUT2D eigenvalue weighted by Gasteiger charge is 2.29. The molecule has 2 N–H and O–H groups in total. The third kappa shape index (κ3) is 6.03. The summed E-state index contributed by atoms with van der Waals surface area (Å²) in [6.07, 6.45) is 1.03. The van der Waals surface area contributed by atoms with Crippen LogP contribution >= 0.6 is 0 Å². The second-order valence-electron chi connectivity index (χ2n) is 8.23. The van der Waals surface area contributed by atoms with E-state index >= 15 is 0 Å². The maximum absolute atomic E-state index is 12.2. The lowest BCUT2D eigenvalue weighted by molar-refractivity contribution is -0.140. The van der Waals surface area contributed by atoms with Crippen molar-refractivity contribution in [2.45, 2.75) is 31.8 Å². The molecule has 3 rings (SSSR count). The second kappa shape index (κ2) is 10.5. The van der Waals surface area contributed by atoms with Crippen LogP contribution in [-0.2, 0) is 14.4 Å². The van der Waals surface area contributed by atoms with Gasteiger partial charge in [-0.2, -0.15) is 0 Å². The Hall–Kier alpha value is -2.45. The van der Waals surface area contributed by atoms with Gasteiger partial charge in [0.15, 0.2) is 0 Å². The number of benzene rings is 1. The van der Waals surface area contributed by atoms with Gasteiger partial charge in [0.2, 0.25) is 5.91 Å². The minimum atomic E-state index is -0.671. The third-order valence-electron chi connectivity index (χ3n) is 6.07. The molecule has 1 aromatic carbocycles. The molecule has 0 aliphatic carbocycles. The van der Waals surface area contributed by atoms with Gasteiger partial charge in [-0.15, -0.1) is 0 Å². The Morgan fingerprint density at radius 1 is 1.03 bits per heavy atom. The number of nitrogens with zero attached hydrogens (tertiary/aromatic N) is 3. The molecule has 2 heterocycles. The summed E-state index contributed by atoms with van der Waals surface area (Å²) in [5.74, 6) is -1.28. The largest absolute Gasteiger partial charge is 0.347 e. The predicted molar refractivity (Wildman–Crippen MR) is 115 cm³/mol. The van der Waals surface area contributed by atoms with Gasteiger partial charge in [0.25, 0.3) is 0 Å². The first-order valence-electron chi connectivity index (χ1n) is 10.8. The Labute approximate surface area is 178 Å². The van der Waals surface area contributed by atoms with Crippen LogP contribution in [0.3, 0.4) is 0 Å². The number of hydrogen-bond donors (Lipinski definition) is 2. The fourth-order valence-electron chi connectivity index (χ4n) is 4.03. The van der Waals surface area contributed by atoms with Gasteiger partial charge in [-0.3, -0.25) is 19.3 Å². The molecule has 2 fully saturated rings. The first kappa shape index (κ1) is 22.2. The van der Waals surface area contributed by atoms with Crippen molar-refractivity contribution < 1.29 is 14.4 Å². The Balaban J connectivity index is 1.35. The molecule has 0 saturated carbocycles. The van der Waals surface area contributed by atoms with E-state index in [4.69, 9.17) is 0 Å². The molecule has 3 amide bonds. The van der Waals surface area contributed by atoms with Crippen LogP contribution in [-0.4, -0.2) is 91.3 Å². The van der Waals surface area contributed by atoms with Gasteiger partial charge < -0.3 is 20.4 Å². The average Bonchev–Trinajstić information content (AvgIpc) is 3.22. The molecule has 2 atom stereocenters. The molecule has 8 nitrogen and oxygen atoms in total. The molecule has 2 aliphatic rings. The summed E-state index contributed by atoms with van der Waals surface area (Å²) < 4.78 is 0. The van der Waals surface area contributed by atoms with Crippen LogP contribution < -0.4 is 10.6 Å². The lowest BCUT2D eigenvalue weighted by Crippen LogP contribution is -2.48. The summed E-state index contributed by atoms with van der Waals surface area (Å²) in [4.78, 5) is 42.8. The molecular formula is C22H33N5O3. The van der Waals surface area contributed by atoms with Crippen LogP contribution in [0, 0.1) is 0 Å². The van der Waals surface area contributed by atoms with Crippen LogP contribution in [0.15, 0.2) is 30.3 Å². The summed E-state index contributed by atoms with van der Waals surface area (Å²) in [7, 11) is 2.03. The van der Waals surface area contributed by atoms with E-state index in [2.05, 4.69) is 39.5 Å². The van der Waals surface area contributed by atoms with Crippen LogP contribution in [0.1, 0.15) is 31.4 Å². The Morgan fingerprint density at radius 2 is 1.73 bits per heavy atom. The highest BCUT2D eigenvalue weighted by Crippen LogP contribution is 2.24. The minimum absolute atomic E-state index is 0.0187. The molecule has 1 aromatic rings. The quantitative estimate of drug-likeness (QED) is 0.650. The van der Waals surface area contributed by atoms with E-state index in [1.165, 1.54) is 5.56 Å². The number of carbonyl (C=O) groups is 3. The first-order chi connectivity index (χ1) is 14.4. The van der Waals surface area contributed by atoms with E-state index in [9.17, 15) is 14.4 Å². The molecule has 8 heteroatoms. The van der Waals surface area contributed by atoms with Gasteiger partial charge in [-0.1, -0.05) is 30.3 Å². The lowest BCUT2D eigenvalue weighted by Gasteiger charge is -2.32. The van der Waals surface area contributed by atoms with Crippen LogP contribution in [0.25, 0.3) is 0 Å². The molecule has 0 spiro atoms. The van der Waals surface area contributed by atoms with Gasteiger partial charge in [0, 0.05) is 64.3 Å². The second-order valence-corrected chi connectivity index (χ2v) is 8.23. The molecule has 2 aliphatic heterocycles. The molecule has 0 aromatic heterocycles. The summed E-state index contributed by atoms with van der Waals surface area (Å²) in [6, 6.07) is 10.5. The zero-order chi connectivity index (χ0) is 21.5. The molecular weight excluding hydrogens is 382 g/mol. The maximum atomic E-state index is 12.2. The number of hydrogen-bond acceptors (Lipinski definition) is 5. The number of nitrogens with one attached hydrogen (secondary N) is 2. The van der Waals surface area contributed by atoms with Crippen LogP contribution in [0.5, 0.6) is 0 Å². The third-order valence-corrected chi connectivity index (χ3v) is 6.07. The van der Waals surface area contributed by atoms with Crippen molar-refractivity contribution in [1.29, 1.82) is 0 Å². The molecule has 0 bridgehead atoms. The van der Waals surface area contributed by atoms with Crippen molar-refractivity contribution in [2.75, 3.05) is 52.9 Å². The zero-order valence-electron chi connectivity index (χ0n) is 18.0. The smallest absolute Gasteiger partial charge is 0.309 e. The Morgan fingerprint density at radius 3 is 2.43 bits per heavy atom. The van der Waals surface area contributed by atoms with E-state index in [-0.39, 0.29) is 31.0 Å². The SMILES string of the molecule is CC(c1ccccc1)N1CCC(NC(=O)C(=O)NCCC(=O)N2CCN(C)CC2)C1. The Kier molecular flexibility index (Phi) is 7.81. The van der Waals surface area contributed by atoms with Crippen molar-refractivity contribution in [3.63, 3.8) is 0 Å². The number of likely N-dealkylation sites (N-methyl/N-ethyl adjacent to an activating group) is 1. The summed E-state index contributed by atoms with van der Waals surface area (Å²) in [5, 5.41) is 5.40. The topological polar surface area (TPSA) is 85.0 Å². The summed E-state index contributed by atoms with van der Waals surface area (Å²) in [5.41, 5.74) is 1.24. The van der Waals surface area contributed by atoms with E-state index in [0.717, 1.165) is 32.6 Å². The van der Waals surface area contributed by atoms with Crippen molar-refractivity contribution in [1.82, 2.24) is 25.3 Å². The monoisotopic (exact) mass is 415 g/mol.